The Balaban J connectivity index is 2.49. The molecule has 0 radical (unpaired) electrons. The fourth-order valence-electron chi connectivity index (χ4n) is 2.42. The molecule has 6 nitrogen and oxygen atoms in total. The highest BCUT2D eigenvalue weighted by atomic mass is 32.2. The van der Waals surface area contributed by atoms with E-state index >= 15 is 0 Å². The molecule has 0 amide bonds. The highest BCUT2D eigenvalue weighted by Gasteiger charge is 2.27. The lowest BCUT2D eigenvalue weighted by atomic mass is 9.91. The molecule has 0 bridgehead atoms. The molecule has 3 N–H and O–H groups in total. The minimum absolute atomic E-state index is 0.0269. The second-order valence-corrected chi connectivity index (χ2v) is 7.97. The van der Waals surface area contributed by atoms with E-state index in [-0.39, 0.29) is 10.9 Å². The van der Waals surface area contributed by atoms with Crippen LogP contribution >= 0.6 is 0 Å². The van der Waals surface area contributed by atoms with Crippen LogP contribution in [0.2, 0.25) is 0 Å². The summed E-state index contributed by atoms with van der Waals surface area (Å²) in [6, 6.07) is 13.9. The second-order valence-electron chi connectivity index (χ2n) is 5.95. The summed E-state index contributed by atoms with van der Waals surface area (Å²) in [6.07, 6.45) is 1.91. The normalized spacial score (nSPS) is 13.6. The van der Waals surface area contributed by atoms with Gasteiger partial charge in [0.05, 0.1) is 4.90 Å². The largest absolute Gasteiger partial charge is 0.360 e. The maximum Gasteiger partial charge on any atom is 0.189 e. The van der Waals surface area contributed by atoms with Crippen molar-refractivity contribution in [3.8, 4) is 11.1 Å². The van der Waals surface area contributed by atoms with Crippen molar-refractivity contribution in [2.24, 2.45) is 0 Å². The van der Waals surface area contributed by atoms with Gasteiger partial charge in [0.1, 0.15) is 11.8 Å². The van der Waals surface area contributed by atoms with E-state index in [2.05, 4.69) is 10.6 Å². The molecular formula is C18H21N3O3S. The van der Waals surface area contributed by atoms with Crippen molar-refractivity contribution in [3.63, 3.8) is 0 Å². The average molecular weight is 359 g/mol. The number of sulfone groups is 1. The van der Waals surface area contributed by atoms with Crippen molar-refractivity contribution >= 4 is 22.1 Å². The van der Waals surface area contributed by atoms with Gasteiger partial charge in [-0.15, -0.1) is 0 Å². The summed E-state index contributed by atoms with van der Waals surface area (Å²) >= 11 is 0. The van der Waals surface area contributed by atoms with E-state index in [1.165, 1.54) is 6.26 Å². The standard InChI is InChI=1S/C18H21N3O3S/c1-18(12-22,21-17(19)20-2)15-8-4-6-13(10-15)14-7-5-9-16(11-14)25(3,23)24/h4-12H,1-3H3,(H3,19,20,21). The van der Waals surface area contributed by atoms with Crippen LogP contribution in [0.25, 0.3) is 11.1 Å². The molecule has 0 aromatic heterocycles. The Hall–Kier alpha value is -2.67. The van der Waals surface area contributed by atoms with Crippen molar-refractivity contribution in [3.05, 3.63) is 54.1 Å². The van der Waals surface area contributed by atoms with E-state index in [1.54, 1.807) is 44.3 Å². The Morgan fingerprint density at radius 2 is 1.72 bits per heavy atom. The topological polar surface area (TPSA) is 99.1 Å². The van der Waals surface area contributed by atoms with Gasteiger partial charge < -0.3 is 15.4 Å². The molecule has 25 heavy (non-hydrogen) atoms. The summed E-state index contributed by atoms with van der Waals surface area (Å²) in [7, 11) is -1.71. The maximum atomic E-state index is 11.8. The summed E-state index contributed by atoms with van der Waals surface area (Å²) in [5.41, 5.74) is 1.12. The molecule has 0 aliphatic heterocycles. The maximum absolute atomic E-state index is 11.8. The Labute approximate surface area is 147 Å². The van der Waals surface area contributed by atoms with Gasteiger partial charge in [0, 0.05) is 13.3 Å². The Kier molecular flexibility index (Phi) is 5.27. The van der Waals surface area contributed by atoms with Crippen LogP contribution in [0.3, 0.4) is 0 Å². The number of nitrogens with one attached hydrogen (secondary N) is 3. The molecule has 0 heterocycles. The Morgan fingerprint density at radius 3 is 2.28 bits per heavy atom. The molecule has 0 saturated heterocycles. The quantitative estimate of drug-likeness (QED) is 0.430. The van der Waals surface area contributed by atoms with Crippen LogP contribution < -0.4 is 10.6 Å². The molecule has 0 fully saturated rings. The first-order valence-corrected chi connectivity index (χ1v) is 9.50. The fraction of sp³-hybridized carbons (Fsp3) is 0.222. The molecule has 0 aliphatic carbocycles. The number of benzene rings is 2. The number of hydrogen-bond donors (Lipinski definition) is 3. The monoisotopic (exact) mass is 359 g/mol. The second kappa shape index (κ2) is 7.06. The van der Waals surface area contributed by atoms with E-state index in [1.807, 2.05) is 18.2 Å². The van der Waals surface area contributed by atoms with Gasteiger partial charge in [0.2, 0.25) is 0 Å². The van der Waals surface area contributed by atoms with E-state index in [0.717, 1.165) is 17.4 Å². The van der Waals surface area contributed by atoms with Gasteiger partial charge in [-0.3, -0.25) is 5.41 Å². The smallest absolute Gasteiger partial charge is 0.189 e. The van der Waals surface area contributed by atoms with Crippen molar-refractivity contribution in [1.29, 1.82) is 5.41 Å². The summed E-state index contributed by atoms with van der Waals surface area (Å²) in [5.74, 6) is 0.0269. The van der Waals surface area contributed by atoms with Crippen LogP contribution in [0.5, 0.6) is 0 Å². The molecule has 2 aromatic carbocycles. The van der Waals surface area contributed by atoms with Crippen molar-refractivity contribution in [2.75, 3.05) is 13.3 Å². The summed E-state index contributed by atoms with van der Waals surface area (Å²) in [5, 5.41) is 13.2. The zero-order chi connectivity index (χ0) is 18.7. The van der Waals surface area contributed by atoms with E-state index in [0.29, 0.717) is 5.56 Å². The molecule has 1 unspecified atom stereocenters. The molecule has 0 spiro atoms. The number of carbonyl (C=O) groups excluding carboxylic acids is 1. The van der Waals surface area contributed by atoms with Gasteiger partial charge in [0.25, 0.3) is 0 Å². The van der Waals surface area contributed by atoms with Gasteiger partial charge in [0.15, 0.2) is 15.8 Å². The first-order valence-electron chi connectivity index (χ1n) is 7.61. The molecule has 0 saturated carbocycles. The van der Waals surface area contributed by atoms with Crippen molar-refractivity contribution < 1.29 is 13.2 Å². The van der Waals surface area contributed by atoms with Crippen molar-refractivity contribution in [2.45, 2.75) is 17.4 Å². The molecule has 7 heteroatoms. The van der Waals surface area contributed by atoms with Crippen LogP contribution in [-0.2, 0) is 20.2 Å². The lowest BCUT2D eigenvalue weighted by Crippen LogP contribution is -2.48. The molecule has 0 aliphatic rings. The van der Waals surface area contributed by atoms with Gasteiger partial charge in [-0.2, -0.15) is 0 Å². The molecule has 2 rings (SSSR count). The zero-order valence-electron chi connectivity index (χ0n) is 14.3. The molecule has 2 aromatic rings. The van der Waals surface area contributed by atoms with E-state index in [4.69, 9.17) is 5.41 Å². The fourth-order valence-corrected chi connectivity index (χ4v) is 3.09. The summed E-state index contributed by atoms with van der Waals surface area (Å²) in [4.78, 5) is 11.9. The highest BCUT2D eigenvalue weighted by Crippen LogP contribution is 2.27. The number of rotatable bonds is 5. The predicted octanol–water partition coefficient (Wildman–Crippen LogP) is 1.91. The van der Waals surface area contributed by atoms with Gasteiger partial charge in [-0.05, 0) is 41.8 Å². The number of hydrogen-bond acceptors (Lipinski definition) is 4. The molecular weight excluding hydrogens is 338 g/mol. The van der Waals surface area contributed by atoms with Gasteiger partial charge in [-0.1, -0.05) is 30.3 Å². The number of guanidine groups is 1. The van der Waals surface area contributed by atoms with Crippen LogP contribution in [-0.4, -0.2) is 34.0 Å². The lowest BCUT2D eigenvalue weighted by Gasteiger charge is -2.27. The van der Waals surface area contributed by atoms with Crippen LogP contribution in [0.4, 0.5) is 0 Å². The summed E-state index contributed by atoms with van der Waals surface area (Å²) in [6.45, 7) is 1.68. The van der Waals surface area contributed by atoms with E-state index < -0.39 is 15.4 Å². The van der Waals surface area contributed by atoms with Crippen molar-refractivity contribution in [1.82, 2.24) is 10.6 Å². The zero-order valence-corrected chi connectivity index (χ0v) is 15.1. The Morgan fingerprint density at radius 1 is 1.12 bits per heavy atom. The predicted molar refractivity (Wildman–Crippen MR) is 98.3 cm³/mol. The molecule has 1 atom stereocenters. The SMILES string of the molecule is CNC(=N)NC(C)(C=O)c1cccc(-c2cccc(S(C)(=O)=O)c2)c1. The van der Waals surface area contributed by atoms with E-state index in [9.17, 15) is 13.2 Å². The molecule has 132 valence electrons. The third kappa shape index (κ3) is 4.24. The highest BCUT2D eigenvalue weighted by molar-refractivity contribution is 7.90. The van der Waals surface area contributed by atoms with Gasteiger partial charge in [-0.25, -0.2) is 8.42 Å². The number of aldehydes is 1. The lowest BCUT2D eigenvalue weighted by molar-refractivity contribution is -0.112. The third-order valence-electron chi connectivity index (χ3n) is 3.93. The van der Waals surface area contributed by atoms with Crippen LogP contribution in [0, 0.1) is 5.41 Å². The third-order valence-corrected chi connectivity index (χ3v) is 5.04. The first-order chi connectivity index (χ1) is 11.7. The minimum Gasteiger partial charge on any atom is -0.360 e. The number of carbonyl (C=O) groups is 1. The average Bonchev–Trinajstić information content (AvgIpc) is 2.61. The van der Waals surface area contributed by atoms with Crippen LogP contribution in [0.15, 0.2) is 53.4 Å². The summed E-state index contributed by atoms with van der Waals surface area (Å²) < 4.78 is 23.5. The minimum atomic E-state index is -3.30. The van der Waals surface area contributed by atoms with Crippen LogP contribution in [0.1, 0.15) is 12.5 Å². The van der Waals surface area contributed by atoms with Gasteiger partial charge >= 0.3 is 0 Å². The Bertz CT molecular complexity index is 909. The first kappa shape index (κ1) is 18.7.